The lowest BCUT2D eigenvalue weighted by Crippen LogP contribution is -2.10. The lowest BCUT2D eigenvalue weighted by molar-refractivity contribution is 0.390. The Balaban J connectivity index is 2.11. The third-order valence-corrected chi connectivity index (χ3v) is 3.63. The Bertz CT molecular complexity index is 767. The summed E-state index contributed by atoms with van der Waals surface area (Å²) < 4.78 is 7.20. The van der Waals surface area contributed by atoms with E-state index in [0.717, 1.165) is 16.9 Å². The number of benzene rings is 1. The summed E-state index contributed by atoms with van der Waals surface area (Å²) in [4.78, 5) is 8.90. The second kappa shape index (κ2) is 4.88. The van der Waals surface area contributed by atoms with Gasteiger partial charge in [0.15, 0.2) is 5.65 Å². The van der Waals surface area contributed by atoms with Crippen LogP contribution < -0.4 is 4.74 Å². The zero-order chi connectivity index (χ0) is 15.0. The second-order valence-corrected chi connectivity index (χ2v) is 6.10. The van der Waals surface area contributed by atoms with E-state index in [1.54, 1.807) is 19.5 Å². The Morgan fingerprint density at radius 2 is 1.76 bits per heavy atom. The molecule has 0 radical (unpaired) electrons. The molecule has 0 aliphatic carbocycles. The smallest absolute Gasteiger partial charge is 0.218 e. The highest BCUT2D eigenvalue weighted by atomic mass is 16.5. The fourth-order valence-electron chi connectivity index (χ4n) is 2.38. The highest BCUT2D eigenvalue weighted by Gasteiger charge is 2.15. The van der Waals surface area contributed by atoms with Crippen molar-refractivity contribution in [3.05, 3.63) is 48.4 Å². The third kappa shape index (κ3) is 2.37. The molecule has 4 heteroatoms. The number of fused-ring (bicyclic) bond motifs is 1. The molecule has 4 nitrogen and oxygen atoms in total. The maximum absolute atomic E-state index is 5.30. The Morgan fingerprint density at radius 3 is 2.38 bits per heavy atom. The fourth-order valence-corrected chi connectivity index (χ4v) is 2.38. The van der Waals surface area contributed by atoms with Gasteiger partial charge in [-0.1, -0.05) is 45.0 Å². The first kappa shape index (κ1) is 13.6. The monoisotopic (exact) mass is 281 g/mol. The number of imidazole rings is 1. The number of aromatic nitrogens is 3. The Kier molecular flexibility index (Phi) is 3.16. The van der Waals surface area contributed by atoms with E-state index in [4.69, 9.17) is 4.74 Å². The molecule has 3 aromatic rings. The van der Waals surface area contributed by atoms with E-state index < -0.39 is 0 Å². The van der Waals surface area contributed by atoms with Gasteiger partial charge in [-0.05, 0) is 11.0 Å². The summed E-state index contributed by atoms with van der Waals surface area (Å²) in [5, 5.41) is 0. The van der Waals surface area contributed by atoms with Gasteiger partial charge in [-0.25, -0.2) is 9.97 Å². The van der Waals surface area contributed by atoms with Crippen molar-refractivity contribution in [3.63, 3.8) is 0 Å². The zero-order valence-electron chi connectivity index (χ0n) is 12.8. The summed E-state index contributed by atoms with van der Waals surface area (Å²) in [6, 6.07) is 8.51. The highest BCUT2D eigenvalue weighted by molar-refractivity contribution is 5.74. The van der Waals surface area contributed by atoms with Crippen molar-refractivity contribution in [2.75, 3.05) is 7.11 Å². The van der Waals surface area contributed by atoms with Gasteiger partial charge < -0.3 is 4.74 Å². The molecule has 0 spiro atoms. The highest BCUT2D eigenvalue weighted by Crippen LogP contribution is 2.28. The zero-order valence-corrected chi connectivity index (χ0v) is 12.8. The predicted octanol–water partition coefficient (Wildman–Crippen LogP) is 3.70. The number of hydrogen-bond acceptors (Lipinski definition) is 3. The van der Waals surface area contributed by atoms with Crippen LogP contribution >= 0.6 is 0 Å². The minimum atomic E-state index is 0.147. The summed E-state index contributed by atoms with van der Waals surface area (Å²) >= 11 is 0. The summed E-state index contributed by atoms with van der Waals surface area (Å²) in [5.74, 6) is 0.678. The Hall–Kier alpha value is -2.36. The van der Waals surface area contributed by atoms with Crippen LogP contribution in [0.4, 0.5) is 0 Å². The van der Waals surface area contributed by atoms with Gasteiger partial charge in [-0.15, -0.1) is 0 Å². The molecule has 108 valence electrons. The van der Waals surface area contributed by atoms with Crippen LogP contribution in [0, 0.1) is 0 Å². The van der Waals surface area contributed by atoms with Gasteiger partial charge in [0.1, 0.15) is 5.69 Å². The van der Waals surface area contributed by atoms with Crippen molar-refractivity contribution in [3.8, 4) is 17.1 Å². The summed E-state index contributed by atoms with van der Waals surface area (Å²) in [6.45, 7) is 6.63. The SMILES string of the molecule is COc1cnc(-c2ccc(C(C)(C)C)cc2)c2nccn12. The van der Waals surface area contributed by atoms with Gasteiger partial charge in [-0.3, -0.25) is 4.40 Å². The molecule has 0 amide bonds. The van der Waals surface area contributed by atoms with Gasteiger partial charge >= 0.3 is 0 Å². The van der Waals surface area contributed by atoms with E-state index in [2.05, 4.69) is 55.0 Å². The molecule has 0 aliphatic rings. The molecule has 0 aliphatic heterocycles. The second-order valence-electron chi connectivity index (χ2n) is 6.10. The summed E-state index contributed by atoms with van der Waals surface area (Å²) in [5.41, 5.74) is 4.18. The van der Waals surface area contributed by atoms with Crippen LogP contribution in [-0.4, -0.2) is 21.5 Å². The first-order valence-corrected chi connectivity index (χ1v) is 6.97. The van der Waals surface area contributed by atoms with Crippen molar-refractivity contribution >= 4 is 5.65 Å². The molecule has 21 heavy (non-hydrogen) atoms. The fraction of sp³-hybridized carbons (Fsp3) is 0.294. The molecule has 0 fully saturated rings. The molecule has 2 aromatic heterocycles. The first-order valence-electron chi connectivity index (χ1n) is 6.97. The Labute approximate surface area is 124 Å². The van der Waals surface area contributed by atoms with Crippen molar-refractivity contribution in [1.29, 1.82) is 0 Å². The maximum Gasteiger partial charge on any atom is 0.218 e. The molecular weight excluding hydrogens is 262 g/mol. The van der Waals surface area contributed by atoms with E-state index in [1.165, 1.54) is 5.56 Å². The number of methoxy groups -OCH3 is 1. The number of hydrogen-bond donors (Lipinski definition) is 0. The van der Waals surface area contributed by atoms with Gasteiger partial charge in [0, 0.05) is 18.0 Å². The average Bonchev–Trinajstić information content (AvgIpc) is 2.95. The van der Waals surface area contributed by atoms with Crippen molar-refractivity contribution in [2.24, 2.45) is 0 Å². The normalized spacial score (nSPS) is 11.8. The lowest BCUT2D eigenvalue weighted by Gasteiger charge is -2.19. The molecule has 0 unspecified atom stereocenters. The van der Waals surface area contributed by atoms with Crippen LogP contribution in [0.2, 0.25) is 0 Å². The van der Waals surface area contributed by atoms with E-state index in [0.29, 0.717) is 5.88 Å². The van der Waals surface area contributed by atoms with E-state index in [-0.39, 0.29) is 5.41 Å². The van der Waals surface area contributed by atoms with Crippen LogP contribution in [0.25, 0.3) is 16.9 Å². The number of rotatable bonds is 2. The standard InChI is InChI=1S/C17H19N3O/c1-17(2,3)13-7-5-12(6-8-13)15-16-18-9-10-20(16)14(21-4)11-19-15/h5-11H,1-4H3. The van der Waals surface area contributed by atoms with Crippen LogP contribution in [0.3, 0.4) is 0 Å². The first-order chi connectivity index (χ1) is 10.0. The largest absolute Gasteiger partial charge is 0.481 e. The molecular formula is C17H19N3O. The molecule has 3 rings (SSSR count). The van der Waals surface area contributed by atoms with Gasteiger partial charge in [0.05, 0.1) is 13.3 Å². The molecule has 0 saturated heterocycles. The van der Waals surface area contributed by atoms with Gasteiger partial charge in [0.2, 0.25) is 5.88 Å². The van der Waals surface area contributed by atoms with Crippen molar-refractivity contribution < 1.29 is 4.74 Å². The van der Waals surface area contributed by atoms with Crippen molar-refractivity contribution in [2.45, 2.75) is 26.2 Å². The van der Waals surface area contributed by atoms with Gasteiger partial charge in [0.25, 0.3) is 0 Å². The molecule has 0 saturated carbocycles. The summed E-state index contributed by atoms with van der Waals surface area (Å²) in [6.07, 6.45) is 5.36. The van der Waals surface area contributed by atoms with Crippen LogP contribution in [0.1, 0.15) is 26.3 Å². The van der Waals surface area contributed by atoms with Crippen LogP contribution in [0.15, 0.2) is 42.9 Å². The molecule has 0 atom stereocenters. The summed E-state index contributed by atoms with van der Waals surface area (Å²) in [7, 11) is 1.63. The molecule has 2 heterocycles. The molecule has 0 bridgehead atoms. The van der Waals surface area contributed by atoms with E-state index in [9.17, 15) is 0 Å². The van der Waals surface area contributed by atoms with E-state index in [1.807, 2.05) is 10.6 Å². The minimum absolute atomic E-state index is 0.147. The quantitative estimate of drug-likeness (QED) is 0.719. The minimum Gasteiger partial charge on any atom is -0.481 e. The van der Waals surface area contributed by atoms with E-state index >= 15 is 0 Å². The van der Waals surface area contributed by atoms with Crippen LogP contribution in [0.5, 0.6) is 5.88 Å². The topological polar surface area (TPSA) is 39.4 Å². The predicted molar refractivity (Wildman–Crippen MR) is 83.7 cm³/mol. The third-order valence-electron chi connectivity index (χ3n) is 3.63. The average molecular weight is 281 g/mol. The molecule has 1 aromatic carbocycles. The van der Waals surface area contributed by atoms with Crippen LogP contribution in [-0.2, 0) is 5.41 Å². The number of ether oxygens (including phenoxy) is 1. The maximum atomic E-state index is 5.30. The number of nitrogens with zero attached hydrogens (tertiary/aromatic N) is 3. The molecule has 0 N–H and O–H groups in total. The van der Waals surface area contributed by atoms with Gasteiger partial charge in [-0.2, -0.15) is 0 Å². The Morgan fingerprint density at radius 1 is 1.05 bits per heavy atom. The lowest BCUT2D eigenvalue weighted by atomic mass is 9.86. The van der Waals surface area contributed by atoms with Crippen molar-refractivity contribution in [1.82, 2.24) is 14.4 Å².